The summed E-state index contributed by atoms with van der Waals surface area (Å²) in [5.74, 6) is 2.13. The Morgan fingerprint density at radius 1 is 1.12 bits per heavy atom. The van der Waals surface area contributed by atoms with Crippen LogP contribution < -0.4 is 10.6 Å². The Kier molecular flexibility index (Phi) is 6.15. The Hall–Kier alpha value is -3.16. The van der Waals surface area contributed by atoms with Crippen LogP contribution in [-0.2, 0) is 16.0 Å². The van der Waals surface area contributed by atoms with Crippen LogP contribution in [0.1, 0.15) is 32.0 Å². The highest BCUT2D eigenvalue weighted by molar-refractivity contribution is 6.06. The summed E-state index contributed by atoms with van der Waals surface area (Å²) in [6.07, 6.45) is 7.70. The van der Waals surface area contributed by atoms with Crippen molar-refractivity contribution in [2.75, 3.05) is 26.2 Å². The molecule has 2 bridgehead atoms. The summed E-state index contributed by atoms with van der Waals surface area (Å²) in [5.41, 5.74) is 2.07. The number of aryl methyl sites for hydroxylation is 1. The number of allylic oxidation sites excluding steroid dienone is 2. The van der Waals surface area contributed by atoms with Crippen molar-refractivity contribution < 1.29 is 9.59 Å². The predicted octanol–water partition coefficient (Wildman–Crippen LogP) is 2.25. The van der Waals surface area contributed by atoms with E-state index in [9.17, 15) is 9.59 Å². The molecule has 1 saturated heterocycles. The van der Waals surface area contributed by atoms with Gasteiger partial charge >= 0.3 is 0 Å². The molecule has 0 radical (unpaired) electrons. The molecule has 4 atom stereocenters. The molecular formula is C25H32N6O2. The van der Waals surface area contributed by atoms with Crippen LogP contribution in [-0.4, -0.2) is 58.8 Å². The van der Waals surface area contributed by atoms with E-state index in [1.165, 1.54) is 4.90 Å². The minimum Gasteiger partial charge on any atom is -0.357 e. The first kappa shape index (κ1) is 21.7. The molecule has 1 saturated carbocycles. The first-order chi connectivity index (χ1) is 16.2. The van der Waals surface area contributed by atoms with E-state index in [1.54, 1.807) is 0 Å². The van der Waals surface area contributed by atoms with Crippen LogP contribution in [0.4, 0.5) is 0 Å². The third-order valence-corrected chi connectivity index (χ3v) is 7.04. The Bertz CT molecular complexity index is 1030. The zero-order chi connectivity index (χ0) is 22.8. The van der Waals surface area contributed by atoms with Crippen molar-refractivity contribution in [2.45, 2.75) is 32.6 Å². The quantitative estimate of drug-likeness (QED) is 0.180. The molecule has 2 aromatic rings. The number of aliphatic imine (C=N–C) groups is 1. The van der Waals surface area contributed by atoms with Gasteiger partial charge in [0.05, 0.1) is 22.9 Å². The Morgan fingerprint density at radius 2 is 1.88 bits per heavy atom. The van der Waals surface area contributed by atoms with Gasteiger partial charge in [0.1, 0.15) is 5.82 Å². The van der Waals surface area contributed by atoms with Crippen LogP contribution >= 0.6 is 0 Å². The second kappa shape index (κ2) is 9.37. The van der Waals surface area contributed by atoms with E-state index in [1.807, 2.05) is 31.2 Å². The first-order valence-electron chi connectivity index (χ1n) is 12.1. The Morgan fingerprint density at radius 3 is 2.61 bits per heavy atom. The summed E-state index contributed by atoms with van der Waals surface area (Å²) in [6.45, 7) is 4.62. The van der Waals surface area contributed by atoms with Gasteiger partial charge < -0.3 is 15.6 Å². The number of aromatic nitrogens is 2. The highest BCUT2D eigenvalue weighted by atomic mass is 16.2. The molecule has 4 unspecified atom stereocenters. The summed E-state index contributed by atoms with van der Waals surface area (Å²) in [7, 11) is 0. The normalized spacial score (nSPS) is 26.0. The SMILES string of the molecule is CCNC(=NCCCN1C(=O)C2C3C=CC(C3)C2C1=O)NCCCc1nc2ccccc2[nH]1. The van der Waals surface area contributed by atoms with Gasteiger partial charge in [-0.05, 0) is 50.2 Å². The molecule has 8 heteroatoms. The summed E-state index contributed by atoms with van der Waals surface area (Å²) >= 11 is 0. The molecule has 0 spiro atoms. The Labute approximate surface area is 193 Å². The molecule has 3 aliphatic rings. The van der Waals surface area contributed by atoms with E-state index in [0.717, 1.165) is 55.2 Å². The Balaban J connectivity index is 1.06. The lowest BCUT2D eigenvalue weighted by Gasteiger charge is -2.17. The van der Waals surface area contributed by atoms with Crippen LogP contribution in [0.2, 0.25) is 0 Å². The van der Waals surface area contributed by atoms with Crippen LogP contribution in [0.15, 0.2) is 41.4 Å². The van der Waals surface area contributed by atoms with E-state index in [0.29, 0.717) is 19.5 Å². The van der Waals surface area contributed by atoms with Gasteiger partial charge in [-0.2, -0.15) is 0 Å². The number of nitrogens with zero attached hydrogens (tertiary/aromatic N) is 3. The van der Waals surface area contributed by atoms with Crippen molar-refractivity contribution in [3.8, 4) is 0 Å². The molecule has 5 rings (SSSR count). The van der Waals surface area contributed by atoms with E-state index in [-0.39, 0.29) is 35.5 Å². The number of imide groups is 1. The topological polar surface area (TPSA) is 102 Å². The van der Waals surface area contributed by atoms with Gasteiger partial charge in [0.15, 0.2) is 5.96 Å². The molecule has 3 N–H and O–H groups in total. The largest absolute Gasteiger partial charge is 0.357 e. The van der Waals surface area contributed by atoms with Crippen molar-refractivity contribution in [1.82, 2.24) is 25.5 Å². The average Bonchev–Trinajstić information content (AvgIpc) is 3.58. The van der Waals surface area contributed by atoms with E-state index in [2.05, 4.69) is 37.7 Å². The molecule has 1 aromatic carbocycles. The molecule has 2 fully saturated rings. The number of likely N-dealkylation sites (tertiary alicyclic amines) is 1. The lowest BCUT2D eigenvalue weighted by Crippen LogP contribution is -2.38. The number of para-hydroxylation sites is 2. The first-order valence-corrected chi connectivity index (χ1v) is 12.1. The second-order valence-corrected chi connectivity index (χ2v) is 9.17. The number of rotatable bonds is 9. The maximum atomic E-state index is 12.8. The zero-order valence-corrected chi connectivity index (χ0v) is 19.1. The molecule has 1 aromatic heterocycles. The highest BCUT2D eigenvalue weighted by Gasteiger charge is 2.58. The van der Waals surface area contributed by atoms with Crippen LogP contribution in [0.5, 0.6) is 0 Å². The van der Waals surface area contributed by atoms with E-state index < -0.39 is 0 Å². The van der Waals surface area contributed by atoms with Gasteiger partial charge in [0.25, 0.3) is 0 Å². The maximum absolute atomic E-state index is 12.8. The standard InChI is InChI=1S/C25H32N6O2/c1-2-26-25(27-12-5-9-20-29-18-7-3-4-8-19(18)30-20)28-13-6-14-31-23(32)21-16-10-11-17(15-16)22(21)24(31)33/h3-4,7-8,10-11,16-17,21-22H,2,5-6,9,12-15H2,1H3,(H,29,30)(H2,26,27,28). The predicted molar refractivity (Wildman–Crippen MR) is 127 cm³/mol. The highest BCUT2D eigenvalue weighted by Crippen LogP contribution is 2.52. The molecule has 33 heavy (non-hydrogen) atoms. The molecule has 2 aliphatic carbocycles. The van der Waals surface area contributed by atoms with E-state index in [4.69, 9.17) is 0 Å². The van der Waals surface area contributed by atoms with Crippen molar-refractivity contribution in [3.63, 3.8) is 0 Å². The lowest BCUT2D eigenvalue weighted by atomic mass is 9.85. The fraction of sp³-hybridized carbons (Fsp3) is 0.520. The molecule has 2 amide bonds. The number of guanidine groups is 1. The van der Waals surface area contributed by atoms with Gasteiger partial charge in [0.2, 0.25) is 11.8 Å². The number of H-pyrrole nitrogens is 1. The van der Waals surface area contributed by atoms with Crippen molar-refractivity contribution in [2.24, 2.45) is 28.7 Å². The zero-order valence-electron chi connectivity index (χ0n) is 19.1. The number of aromatic amines is 1. The number of carbonyl (C=O) groups is 2. The minimum absolute atomic E-state index is 0.0291. The fourth-order valence-corrected chi connectivity index (χ4v) is 5.53. The fourth-order valence-electron chi connectivity index (χ4n) is 5.53. The number of hydrogen-bond donors (Lipinski definition) is 3. The van der Waals surface area contributed by atoms with Crippen molar-refractivity contribution in [1.29, 1.82) is 0 Å². The average molecular weight is 449 g/mol. The summed E-state index contributed by atoms with van der Waals surface area (Å²) in [6, 6.07) is 8.06. The summed E-state index contributed by atoms with van der Waals surface area (Å²) in [5, 5.41) is 6.63. The molecule has 1 aliphatic heterocycles. The minimum atomic E-state index is -0.109. The number of fused-ring (bicyclic) bond motifs is 6. The third-order valence-electron chi connectivity index (χ3n) is 7.04. The van der Waals surface area contributed by atoms with Crippen LogP contribution in [0.3, 0.4) is 0 Å². The summed E-state index contributed by atoms with van der Waals surface area (Å²) in [4.78, 5) is 39.6. The molecule has 174 valence electrons. The maximum Gasteiger partial charge on any atom is 0.233 e. The number of benzene rings is 1. The van der Waals surface area contributed by atoms with Gasteiger partial charge in [-0.1, -0.05) is 24.3 Å². The molecule has 8 nitrogen and oxygen atoms in total. The number of hydrogen-bond acceptors (Lipinski definition) is 4. The van der Waals surface area contributed by atoms with Crippen molar-refractivity contribution in [3.05, 3.63) is 42.2 Å². The third kappa shape index (κ3) is 4.26. The van der Waals surface area contributed by atoms with Crippen molar-refractivity contribution >= 4 is 28.8 Å². The van der Waals surface area contributed by atoms with Gasteiger partial charge in [-0.3, -0.25) is 19.5 Å². The van der Waals surface area contributed by atoms with Gasteiger partial charge in [-0.15, -0.1) is 0 Å². The van der Waals surface area contributed by atoms with Crippen LogP contribution in [0, 0.1) is 23.7 Å². The summed E-state index contributed by atoms with van der Waals surface area (Å²) < 4.78 is 0. The van der Waals surface area contributed by atoms with Gasteiger partial charge in [-0.25, -0.2) is 4.98 Å². The van der Waals surface area contributed by atoms with E-state index >= 15 is 0 Å². The number of amides is 2. The van der Waals surface area contributed by atoms with Crippen LogP contribution in [0.25, 0.3) is 11.0 Å². The smallest absolute Gasteiger partial charge is 0.233 e. The number of imidazole rings is 1. The number of nitrogens with one attached hydrogen (secondary N) is 3. The monoisotopic (exact) mass is 448 g/mol. The second-order valence-electron chi connectivity index (χ2n) is 9.17. The lowest BCUT2D eigenvalue weighted by molar-refractivity contribution is -0.140. The molecule has 2 heterocycles. The molecular weight excluding hydrogens is 416 g/mol. The van der Waals surface area contributed by atoms with Gasteiger partial charge in [0, 0.05) is 32.6 Å². The number of carbonyl (C=O) groups excluding carboxylic acids is 2.